The summed E-state index contributed by atoms with van der Waals surface area (Å²) in [7, 11) is 0. The third kappa shape index (κ3) is 3.66. The van der Waals surface area contributed by atoms with Gasteiger partial charge in [0.05, 0.1) is 4.21 Å². The molecule has 0 bridgehead atoms. The van der Waals surface area contributed by atoms with Crippen molar-refractivity contribution in [1.29, 1.82) is 0 Å². The molecule has 2 atom stereocenters. The van der Waals surface area contributed by atoms with E-state index in [-0.39, 0.29) is 11.1 Å². The average molecular weight is 325 g/mol. The van der Waals surface area contributed by atoms with Gasteiger partial charge >= 0.3 is 0 Å². The van der Waals surface area contributed by atoms with Crippen molar-refractivity contribution < 1.29 is 0 Å². The molecule has 0 amide bonds. The van der Waals surface area contributed by atoms with E-state index < -0.39 is 0 Å². The average Bonchev–Trinajstić information content (AvgIpc) is 2.71. The van der Waals surface area contributed by atoms with Gasteiger partial charge in [0.2, 0.25) is 0 Å². The number of hydrogen-bond acceptors (Lipinski definition) is 4. The molecule has 1 aromatic heterocycles. The monoisotopic (exact) mass is 324 g/mol. The molecule has 2 aliphatic heterocycles. The lowest BCUT2D eigenvalue weighted by molar-refractivity contribution is 0.138. The summed E-state index contributed by atoms with van der Waals surface area (Å²) >= 11 is 3.96. The fraction of sp³-hybridized carbons (Fsp3) is 0.765. The molecule has 1 unspecified atom stereocenters. The van der Waals surface area contributed by atoms with E-state index in [9.17, 15) is 0 Å². The zero-order chi connectivity index (χ0) is 15.3. The van der Waals surface area contributed by atoms with Crippen LogP contribution in [0.5, 0.6) is 0 Å². The molecule has 118 valence electrons. The van der Waals surface area contributed by atoms with Crippen molar-refractivity contribution in [3.8, 4) is 0 Å². The normalized spacial score (nSPS) is 31.9. The van der Waals surface area contributed by atoms with Crippen LogP contribution in [0.4, 0.5) is 0 Å². The Morgan fingerprint density at radius 2 is 1.86 bits per heavy atom. The van der Waals surface area contributed by atoms with Crippen LogP contribution in [0.2, 0.25) is 0 Å². The highest BCUT2D eigenvalue weighted by Crippen LogP contribution is 2.44. The van der Waals surface area contributed by atoms with Crippen molar-refractivity contribution in [3.05, 3.63) is 17.0 Å². The molecule has 0 radical (unpaired) electrons. The third-order valence-electron chi connectivity index (χ3n) is 4.54. The van der Waals surface area contributed by atoms with E-state index in [1.165, 1.54) is 29.0 Å². The van der Waals surface area contributed by atoms with Crippen LogP contribution < -0.4 is 10.6 Å². The summed E-state index contributed by atoms with van der Waals surface area (Å²) in [6, 6.07) is 3.47. The molecule has 4 heteroatoms. The van der Waals surface area contributed by atoms with Gasteiger partial charge in [-0.25, -0.2) is 0 Å². The van der Waals surface area contributed by atoms with E-state index in [1.807, 2.05) is 11.3 Å². The zero-order valence-corrected chi connectivity index (χ0v) is 15.5. The van der Waals surface area contributed by atoms with Crippen LogP contribution >= 0.6 is 23.1 Å². The topological polar surface area (TPSA) is 24.1 Å². The Morgan fingerprint density at radius 3 is 2.52 bits per heavy atom. The second-order valence-corrected chi connectivity index (χ2v) is 10.7. The highest BCUT2D eigenvalue weighted by Gasteiger charge is 2.39. The number of thioether (sulfide) groups is 1. The second-order valence-electron chi connectivity index (χ2n) is 8.04. The zero-order valence-electron chi connectivity index (χ0n) is 13.8. The predicted octanol–water partition coefficient (Wildman–Crippen LogP) is 4.57. The first-order valence-corrected chi connectivity index (χ1v) is 9.79. The standard InChI is InChI=1S/C17H28N2S2/c1-11-8-14(13-6-7-20-15(13)21-11)18-12-9-16(2,3)19-17(4,5)10-12/h6-7,11-12,14,18-19H,8-10H2,1-5H3/t11-,14?/m0/s1. The lowest BCUT2D eigenvalue weighted by Gasteiger charge is -2.48. The van der Waals surface area contributed by atoms with E-state index >= 15 is 0 Å². The van der Waals surface area contributed by atoms with Crippen molar-refractivity contribution in [3.63, 3.8) is 0 Å². The maximum atomic E-state index is 4.00. The summed E-state index contributed by atoms with van der Waals surface area (Å²) < 4.78 is 1.53. The summed E-state index contributed by atoms with van der Waals surface area (Å²) in [6.07, 6.45) is 3.65. The number of thiophene rings is 1. The van der Waals surface area contributed by atoms with Crippen molar-refractivity contribution in [2.24, 2.45) is 0 Å². The minimum atomic E-state index is 0.214. The molecule has 1 aromatic rings. The van der Waals surface area contributed by atoms with Gasteiger partial charge in [0.25, 0.3) is 0 Å². The van der Waals surface area contributed by atoms with Crippen molar-refractivity contribution in [2.45, 2.75) is 86.5 Å². The molecule has 1 saturated heterocycles. The minimum Gasteiger partial charge on any atom is -0.307 e. The van der Waals surface area contributed by atoms with E-state index in [1.54, 1.807) is 0 Å². The van der Waals surface area contributed by atoms with Crippen LogP contribution in [0.1, 0.15) is 65.5 Å². The van der Waals surface area contributed by atoms with Crippen LogP contribution in [0.3, 0.4) is 0 Å². The summed E-state index contributed by atoms with van der Waals surface area (Å²) in [5.74, 6) is 0. The van der Waals surface area contributed by atoms with Gasteiger partial charge in [0.1, 0.15) is 0 Å². The molecular weight excluding hydrogens is 296 g/mol. The number of nitrogens with one attached hydrogen (secondary N) is 2. The first-order valence-electron chi connectivity index (χ1n) is 8.04. The maximum absolute atomic E-state index is 4.00. The van der Waals surface area contributed by atoms with Gasteiger partial charge in [-0.3, -0.25) is 0 Å². The molecule has 0 aromatic carbocycles. The summed E-state index contributed by atoms with van der Waals surface area (Å²) in [5, 5.41) is 10.7. The highest BCUT2D eigenvalue weighted by molar-refractivity contribution is 8.01. The van der Waals surface area contributed by atoms with Crippen LogP contribution in [0.15, 0.2) is 15.7 Å². The minimum absolute atomic E-state index is 0.214. The van der Waals surface area contributed by atoms with E-state index in [4.69, 9.17) is 0 Å². The van der Waals surface area contributed by atoms with Crippen LogP contribution in [-0.2, 0) is 0 Å². The van der Waals surface area contributed by atoms with E-state index in [0.29, 0.717) is 12.1 Å². The van der Waals surface area contributed by atoms with Gasteiger partial charge in [-0.15, -0.1) is 23.1 Å². The summed E-state index contributed by atoms with van der Waals surface area (Å²) in [6.45, 7) is 11.7. The van der Waals surface area contributed by atoms with Gasteiger partial charge < -0.3 is 10.6 Å². The quantitative estimate of drug-likeness (QED) is 0.833. The summed E-state index contributed by atoms with van der Waals surface area (Å²) in [5.41, 5.74) is 1.97. The van der Waals surface area contributed by atoms with Crippen LogP contribution in [-0.4, -0.2) is 22.4 Å². The van der Waals surface area contributed by atoms with E-state index in [2.05, 4.69) is 68.5 Å². The Labute approximate surface area is 137 Å². The SMILES string of the molecule is C[C@H]1CC(NC2CC(C)(C)NC(C)(C)C2)c2ccsc2S1. The Kier molecular flexibility index (Phi) is 4.19. The lowest BCUT2D eigenvalue weighted by Crippen LogP contribution is -2.62. The van der Waals surface area contributed by atoms with Gasteiger partial charge in [-0.1, -0.05) is 6.92 Å². The number of hydrogen-bond donors (Lipinski definition) is 2. The summed E-state index contributed by atoms with van der Waals surface area (Å²) in [4.78, 5) is 0. The van der Waals surface area contributed by atoms with Gasteiger partial charge in [-0.2, -0.15) is 0 Å². The fourth-order valence-corrected chi connectivity index (χ4v) is 6.80. The van der Waals surface area contributed by atoms with Crippen molar-refractivity contribution in [2.75, 3.05) is 0 Å². The Bertz CT molecular complexity index is 491. The molecular formula is C17H28N2S2. The molecule has 3 heterocycles. The second kappa shape index (κ2) is 5.55. The van der Waals surface area contributed by atoms with Crippen molar-refractivity contribution in [1.82, 2.24) is 10.6 Å². The Balaban J connectivity index is 1.75. The highest BCUT2D eigenvalue weighted by atomic mass is 32.2. The molecule has 1 fully saturated rings. The van der Waals surface area contributed by atoms with Gasteiger partial charge in [-0.05, 0) is 64.0 Å². The van der Waals surface area contributed by atoms with E-state index in [0.717, 1.165) is 5.25 Å². The van der Waals surface area contributed by atoms with Gasteiger partial charge in [0.15, 0.2) is 0 Å². The third-order valence-corrected chi connectivity index (χ3v) is 6.88. The molecule has 0 saturated carbocycles. The largest absolute Gasteiger partial charge is 0.307 e. The van der Waals surface area contributed by atoms with Crippen LogP contribution in [0.25, 0.3) is 0 Å². The Hall–Kier alpha value is -0.0300. The first kappa shape index (κ1) is 15.9. The molecule has 0 spiro atoms. The van der Waals surface area contributed by atoms with Crippen LogP contribution in [0, 0.1) is 0 Å². The van der Waals surface area contributed by atoms with Crippen molar-refractivity contribution >= 4 is 23.1 Å². The lowest BCUT2D eigenvalue weighted by atomic mass is 9.79. The fourth-order valence-electron chi connectivity index (χ4n) is 4.23. The Morgan fingerprint density at radius 1 is 1.19 bits per heavy atom. The van der Waals surface area contributed by atoms with Gasteiger partial charge in [0, 0.05) is 28.4 Å². The molecule has 2 aliphatic rings. The molecule has 2 N–H and O–H groups in total. The molecule has 3 rings (SSSR count). The first-order chi connectivity index (χ1) is 9.74. The molecule has 0 aliphatic carbocycles. The molecule has 21 heavy (non-hydrogen) atoms. The smallest absolute Gasteiger partial charge is 0.0649 e. The predicted molar refractivity (Wildman–Crippen MR) is 94.4 cm³/mol. The molecule has 2 nitrogen and oxygen atoms in total. The number of piperidine rings is 1. The number of fused-ring (bicyclic) bond motifs is 1. The number of rotatable bonds is 2. The maximum Gasteiger partial charge on any atom is 0.0649 e.